The highest BCUT2D eigenvalue weighted by Crippen LogP contribution is 2.20. The van der Waals surface area contributed by atoms with Gasteiger partial charge in [0, 0.05) is 15.7 Å². The quantitative estimate of drug-likeness (QED) is 0.384. The van der Waals surface area contributed by atoms with E-state index in [2.05, 4.69) is 5.32 Å². The standard InChI is InChI=1S/C23H16Cl2N2O2/c24-19-6-1-5-17(11-19)15-29-22-9-2-4-16(12-22)10-18(14-26)23(28)27-21-8-3-7-20(25)13-21/h1-13H,15H2,(H,27,28)/b18-10-. The minimum absolute atomic E-state index is 0.0306. The first-order valence-electron chi connectivity index (χ1n) is 8.69. The lowest BCUT2D eigenvalue weighted by molar-refractivity contribution is -0.112. The highest BCUT2D eigenvalue weighted by atomic mass is 35.5. The van der Waals surface area contributed by atoms with Crippen molar-refractivity contribution in [3.63, 3.8) is 0 Å². The molecule has 0 fully saturated rings. The summed E-state index contributed by atoms with van der Waals surface area (Å²) >= 11 is 11.9. The van der Waals surface area contributed by atoms with Gasteiger partial charge in [-0.05, 0) is 59.7 Å². The second kappa shape index (κ2) is 9.79. The van der Waals surface area contributed by atoms with E-state index in [1.54, 1.807) is 54.6 Å². The van der Waals surface area contributed by atoms with Gasteiger partial charge in [-0.25, -0.2) is 0 Å². The molecule has 0 spiro atoms. The monoisotopic (exact) mass is 422 g/mol. The summed E-state index contributed by atoms with van der Waals surface area (Å²) in [5.41, 5.74) is 2.10. The summed E-state index contributed by atoms with van der Waals surface area (Å²) in [5, 5.41) is 13.2. The second-order valence-electron chi connectivity index (χ2n) is 6.13. The number of hydrogen-bond acceptors (Lipinski definition) is 3. The van der Waals surface area contributed by atoms with Gasteiger partial charge in [-0.15, -0.1) is 0 Å². The smallest absolute Gasteiger partial charge is 0.266 e. The molecule has 0 heterocycles. The molecule has 0 saturated heterocycles. The van der Waals surface area contributed by atoms with Crippen LogP contribution in [0.4, 0.5) is 5.69 Å². The molecule has 0 aliphatic heterocycles. The Kier molecular flexibility index (Phi) is 6.91. The Morgan fingerprint density at radius 1 is 1.00 bits per heavy atom. The van der Waals surface area contributed by atoms with Gasteiger partial charge in [0.1, 0.15) is 24.0 Å². The van der Waals surface area contributed by atoms with Crippen LogP contribution in [0, 0.1) is 11.3 Å². The average Bonchev–Trinajstić information content (AvgIpc) is 2.71. The first-order valence-corrected chi connectivity index (χ1v) is 9.45. The molecule has 3 aromatic carbocycles. The molecular weight excluding hydrogens is 407 g/mol. The van der Waals surface area contributed by atoms with E-state index >= 15 is 0 Å². The summed E-state index contributed by atoms with van der Waals surface area (Å²) < 4.78 is 5.79. The Balaban J connectivity index is 1.71. The topological polar surface area (TPSA) is 62.1 Å². The third-order valence-corrected chi connectivity index (χ3v) is 4.38. The van der Waals surface area contributed by atoms with E-state index in [9.17, 15) is 10.1 Å². The molecule has 29 heavy (non-hydrogen) atoms. The molecule has 3 rings (SSSR count). The van der Waals surface area contributed by atoms with Crippen LogP contribution in [0.25, 0.3) is 6.08 Å². The zero-order chi connectivity index (χ0) is 20.6. The third-order valence-electron chi connectivity index (χ3n) is 3.91. The van der Waals surface area contributed by atoms with Crippen molar-refractivity contribution in [3.05, 3.63) is 99.5 Å². The number of rotatable bonds is 6. The van der Waals surface area contributed by atoms with E-state index in [1.807, 2.05) is 24.3 Å². The summed E-state index contributed by atoms with van der Waals surface area (Å²) in [6.45, 7) is 0.355. The van der Waals surface area contributed by atoms with Gasteiger partial charge in [0.25, 0.3) is 5.91 Å². The molecule has 0 bridgehead atoms. The van der Waals surface area contributed by atoms with E-state index in [0.29, 0.717) is 33.7 Å². The molecule has 0 atom stereocenters. The molecule has 0 unspecified atom stereocenters. The van der Waals surface area contributed by atoms with Crippen molar-refractivity contribution < 1.29 is 9.53 Å². The van der Waals surface area contributed by atoms with Gasteiger partial charge >= 0.3 is 0 Å². The minimum atomic E-state index is -0.514. The number of nitrogens with zero attached hydrogens (tertiary/aromatic N) is 1. The summed E-state index contributed by atoms with van der Waals surface area (Å²) in [4.78, 5) is 12.4. The van der Waals surface area contributed by atoms with E-state index < -0.39 is 5.91 Å². The number of benzene rings is 3. The first-order chi connectivity index (χ1) is 14.0. The normalized spacial score (nSPS) is 10.9. The molecule has 0 radical (unpaired) electrons. The number of nitrogens with one attached hydrogen (secondary N) is 1. The van der Waals surface area contributed by atoms with Crippen LogP contribution >= 0.6 is 23.2 Å². The molecule has 0 aromatic heterocycles. The molecular formula is C23H16Cl2N2O2. The summed E-state index contributed by atoms with van der Waals surface area (Å²) in [5.74, 6) is 0.103. The fraction of sp³-hybridized carbons (Fsp3) is 0.0435. The van der Waals surface area contributed by atoms with E-state index in [-0.39, 0.29) is 5.57 Å². The lowest BCUT2D eigenvalue weighted by Crippen LogP contribution is -2.13. The molecule has 3 aromatic rings. The van der Waals surface area contributed by atoms with Gasteiger partial charge in [0.2, 0.25) is 0 Å². The Hall–Kier alpha value is -3.26. The number of carbonyl (C=O) groups is 1. The number of amides is 1. The SMILES string of the molecule is N#C/C(=C/c1cccc(OCc2cccc(Cl)c2)c1)C(=O)Nc1cccc(Cl)c1. The fourth-order valence-corrected chi connectivity index (χ4v) is 2.97. The molecule has 0 aliphatic rings. The van der Waals surface area contributed by atoms with Crippen molar-refractivity contribution >= 4 is 40.9 Å². The van der Waals surface area contributed by atoms with Crippen molar-refractivity contribution in [2.75, 3.05) is 5.32 Å². The molecule has 4 nitrogen and oxygen atoms in total. The van der Waals surface area contributed by atoms with Gasteiger partial charge in [0.05, 0.1) is 0 Å². The van der Waals surface area contributed by atoms with Crippen LogP contribution < -0.4 is 10.1 Å². The number of ether oxygens (including phenoxy) is 1. The maximum atomic E-state index is 12.4. The zero-order valence-corrected chi connectivity index (χ0v) is 16.7. The van der Waals surface area contributed by atoms with Gasteiger partial charge in [-0.3, -0.25) is 4.79 Å². The van der Waals surface area contributed by atoms with Crippen molar-refractivity contribution in [1.82, 2.24) is 0 Å². The number of carbonyl (C=O) groups excluding carboxylic acids is 1. The van der Waals surface area contributed by atoms with Crippen LogP contribution in [0.5, 0.6) is 5.75 Å². The maximum Gasteiger partial charge on any atom is 0.266 e. The number of anilines is 1. The van der Waals surface area contributed by atoms with Crippen LogP contribution in [0.2, 0.25) is 10.0 Å². The van der Waals surface area contributed by atoms with Gasteiger partial charge < -0.3 is 10.1 Å². The third kappa shape index (κ3) is 6.11. The van der Waals surface area contributed by atoms with Gasteiger partial charge in [-0.2, -0.15) is 5.26 Å². The summed E-state index contributed by atoms with van der Waals surface area (Å²) in [6, 6.07) is 23.2. The van der Waals surface area contributed by atoms with E-state index in [1.165, 1.54) is 6.08 Å². The number of halogens is 2. The molecule has 6 heteroatoms. The first kappa shape index (κ1) is 20.5. The number of hydrogen-bond donors (Lipinski definition) is 1. The van der Waals surface area contributed by atoms with Crippen molar-refractivity contribution in [2.45, 2.75) is 6.61 Å². The highest BCUT2D eigenvalue weighted by Gasteiger charge is 2.10. The van der Waals surface area contributed by atoms with E-state index in [0.717, 1.165) is 5.56 Å². The van der Waals surface area contributed by atoms with Gasteiger partial charge in [-0.1, -0.05) is 53.5 Å². The van der Waals surface area contributed by atoms with E-state index in [4.69, 9.17) is 27.9 Å². The van der Waals surface area contributed by atoms with Crippen LogP contribution in [0.1, 0.15) is 11.1 Å². The molecule has 0 saturated carbocycles. The van der Waals surface area contributed by atoms with Crippen LogP contribution in [-0.2, 0) is 11.4 Å². The lowest BCUT2D eigenvalue weighted by atomic mass is 10.1. The minimum Gasteiger partial charge on any atom is -0.489 e. The van der Waals surface area contributed by atoms with Crippen molar-refractivity contribution in [1.29, 1.82) is 5.26 Å². The Labute approximate surface area is 179 Å². The molecule has 1 amide bonds. The van der Waals surface area contributed by atoms with Crippen LogP contribution in [-0.4, -0.2) is 5.91 Å². The highest BCUT2D eigenvalue weighted by molar-refractivity contribution is 6.31. The maximum absolute atomic E-state index is 12.4. The fourth-order valence-electron chi connectivity index (χ4n) is 2.57. The predicted octanol–water partition coefficient (Wildman–Crippen LogP) is 6.12. The zero-order valence-electron chi connectivity index (χ0n) is 15.2. The summed E-state index contributed by atoms with van der Waals surface area (Å²) in [7, 11) is 0. The van der Waals surface area contributed by atoms with Crippen LogP contribution in [0.15, 0.2) is 78.4 Å². The number of nitriles is 1. The predicted molar refractivity (Wildman–Crippen MR) is 116 cm³/mol. The largest absolute Gasteiger partial charge is 0.489 e. The Morgan fingerprint density at radius 3 is 2.45 bits per heavy atom. The molecule has 1 N–H and O–H groups in total. The molecule has 144 valence electrons. The lowest BCUT2D eigenvalue weighted by Gasteiger charge is -2.08. The average molecular weight is 423 g/mol. The van der Waals surface area contributed by atoms with Crippen molar-refractivity contribution in [2.24, 2.45) is 0 Å². The van der Waals surface area contributed by atoms with Crippen molar-refractivity contribution in [3.8, 4) is 11.8 Å². The Bertz CT molecular complexity index is 1100. The van der Waals surface area contributed by atoms with Crippen LogP contribution in [0.3, 0.4) is 0 Å². The summed E-state index contributed by atoms with van der Waals surface area (Å²) in [6.07, 6.45) is 1.51. The molecule has 0 aliphatic carbocycles. The Morgan fingerprint density at radius 2 is 1.72 bits per heavy atom. The van der Waals surface area contributed by atoms with Gasteiger partial charge in [0.15, 0.2) is 0 Å². The second-order valence-corrected chi connectivity index (χ2v) is 7.00.